The van der Waals surface area contributed by atoms with Gasteiger partial charge in [0.1, 0.15) is 0 Å². The maximum Gasteiger partial charge on any atom is 0.170 e. The minimum atomic E-state index is -0.129. The minimum absolute atomic E-state index is 0.129. The van der Waals surface area contributed by atoms with E-state index in [2.05, 4.69) is 182 Å². The maximum atomic E-state index is 6.68. The molecule has 60 heavy (non-hydrogen) atoms. The van der Waals surface area contributed by atoms with Crippen LogP contribution in [0.25, 0.3) is 83.6 Å². The van der Waals surface area contributed by atoms with Crippen LogP contribution in [-0.2, 0) is 5.41 Å². The van der Waals surface area contributed by atoms with Crippen LogP contribution in [0.4, 0.5) is 0 Å². The Balaban J connectivity index is 0.934. The second-order valence-electron chi connectivity index (χ2n) is 16.2. The van der Waals surface area contributed by atoms with Crippen LogP contribution in [0.1, 0.15) is 25.0 Å². The molecule has 0 fully saturated rings. The van der Waals surface area contributed by atoms with Crippen LogP contribution in [0.15, 0.2) is 188 Å². The molecule has 3 heterocycles. The van der Waals surface area contributed by atoms with Crippen LogP contribution >= 0.6 is 0 Å². The van der Waals surface area contributed by atoms with E-state index < -0.39 is 0 Å². The van der Waals surface area contributed by atoms with Gasteiger partial charge in [-0.1, -0.05) is 135 Å². The standard InChI is InChI=1S/C55H37N3O2/c1-55(2)44-21-11-8-17-39(44)43-31-52-53(32-45(43)55)59-50-29-26-36(30-51(50)60-52)38-16-6-7-18-40(38)47-33-46(34-14-4-3-5-15-34)56-54(57-47)35-24-27-37(28-25-35)58-48-22-12-9-19-41(48)42-20-10-13-23-49(42)58/h3-33H,1-2H3. The summed E-state index contributed by atoms with van der Waals surface area (Å²) in [5.41, 5.74) is 15.0. The number of benzene rings is 8. The number of hydrogen-bond acceptors (Lipinski definition) is 4. The van der Waals surface area contributed by atoms with Gasteiger partial charge in [0.15, 0.2) is 28.8 Å². The molecule has 10 aromatic rings. The first-order valence-electron chi connectivity index (χ1n) is 20.4. The first kappa shape index (κ1) is 34.3. The highest BCUT2D eigenvalue weighted by molar-refractivity contribution is 6.09. The SMILES string of the molecule is CC1(C)c2ccccc2-c2cc3c(cc21)Oc1ccc(-c2ccccc2-c2cc(-c4ccccc4)nc(-c4ccc(-n5c6ccccc6c6ccccc65)cc4)n2)cc1O3. The van der Waals surface area contributed by atoms with Crippen molar-refractivity contribution in [1.29, 1.82) is 0 Å². The van der Waals surface area contributed by atoms with Gasteiger partial charge >= 0.3 is 0 Å². The van der Waals surface area contributed by atoms with Gasteiger partial charge in [-0.2, -0.15) is 0 Å². The van der Waals surface area contributed by atoms with Gasteiger partial charge in [0.05, 0.1) is 22.4 Å². The summed E-state index contributed by atoms with van der Waals surface area (Å²) in [6.07, 6.45) is 0. The Kier molecular flexibility index (Phi) is 7.51. The molecule has 1 aliphatic carbocycles. The number of para-hydroxylation sites is 2. The van der Waals surface area contributed by atoms with Crippen molar-refractivity contribution in [1.82, 2.24) is 14.5 Å². The van der Waals surface area contributed by atoms with E-state index in [0.717, 1.165) is 56.4 Å². The summed E-state index contributed by atoms with van der Waals surface area (Å²) in [7, 11) is 0. The van der Waals surface area contributed by atoms with Crippen molar-refractivity contribution < 1.29 is 9.47 Å². The lowest BCUT2D eigenvalue weighted by Gasteiger charge is -2.25. The molecule has 0 amide bonds. The van der Waals surface area contributed by atoms with Crippen molar-refractivity contribution in [3.63, 3.8) is 0 Å². The van der Waals surface area contributed by atoms with Crippen LogP contribution in [0.2, 0.25) is 0 Å². The Morgan fingerprint density at radius 3 is 1.75 bits per heavy atom. The van der Waals surface area contributed by atoms with Gasteiger partial charge in [0, 0.05) is 38.6 Å². The van der Waals surface area contributed by atoms with Crippen molar-refractivity contribution in [3.05, 3.63) is 199 Å². The summed E-state index contributed by atoms with van der Waals surface area (Å²) in [4.78, 5) is 10.5. The molecule has 0 atom stereocenters. The number of aromatic nitrogens is 3. The van der Waals surface area contributed by atoms with Gasteiger partial charge in [-0.25, -0.2) is 9.97 Å². The van der Waals surface area contributed by atoms with Gasteiger partial charge < -0.3 is 14.0 Å². The van der Waals surface area contributed by atoms with Crippen LogP contribution in [0.3, 0.4) is 0 Å². The molecule has 2 aliphatic rings. The molecule has 0 saturated carbocycles. The van der Waals surface area contributed by atoms with Crippen molar-refractivity contribution in [2.24, 2.45) is 0 Å². The summed E-state index contributed by atoms with van der Waals surface area (Å²) in [6, 6.07) is 65.7. The summed E-state index contributed by atoms with van der Waals surface area (Å²) in [5, 5.41) is 2.47. The quantitative estimate of drug-likeness (QED) is 0.175. The van der Waals surface area contributed by atoms with Crippen molar-refractivity contribution in [2.45, 2.75) is 19.3 Å². The molecule has 5 heteroatoms. The molecule has 0 bridgehead atoms. The number of hydrogen-bond donors (Lipinski definition) is 0. The molecular weight excluding hydrogens is 735 g/mol. The lowest BCUT2D eigenvalue weighted by atomic mass is 9.82. The summed E-state index contributed by atoms with van der Waals surface area (Å²) >= 11 is 0. The average Bonchev–Trinajstić information content (AvgIpc) is 3.75. The molecular formula is C55H37N3O2. The van der Waals surface area contributed by atoms with E-state index >= 15 is 0 Å². The minimum Gasteiger partial charge on any atom is -0.450 e. The van der Waals surface area contributed by atoms with E-state index in [1.54, 1.807) is 0 Å². The first-order chi connectivity index (χ1) is 29.5. The average molecular weight is 772 g/mol. The largest absolute Gasteiger partial charge is 0.450 e. The van der Waals surface area contributed by atoms with Crippen molar-refractivity contribution in [2.75, 3.05) is 0 Å². The molecule has 284 valence electrons. The van der Waals surface area contributed by atoms with Gasteiger partial charge in [-0.15, -0.1) is 0 Å². The third kappa shape index (κ3) is 5.33. The van der Waals surface area contributed by atoms with Crippen molar-refractivity contribution in [3.8, 4) is 84.8 Å². The third-order valence-corrected chi connectivity index (χ3v) is 12.3. The number of fused-ring (bicyclic) bond motifs is 8. The molecule has 2 aromatic heterocycles. The fraction of sp³-hybridized carbons (Fsp3) is 0.0545. The lowest BCUT2D eigenvalue weighted by molar-refractivity contribution is 0.359. The van der Waals surface area contributed by atoms with E-state index in [1.807, 2.05) is 24.3 Å². The Hall–Kier alpha value is -7.76. The Bertz CT molecular complexity index is 3290. The van der Waals surface area contributed by atoms with E-state index in [4.69, 9.17) is 19.4 Å². The molecule has 1 aliphatic heterocycles. The lowest BCUT2D eigenvalue weighted by Crippen LogP contribution is -2.15. The van der Waals surface area contributed by atoms with Crippen molar-refractivity contribution >= 4 is 21.8 Å². The Labute approximate surface area is 347 Å². The van der Waals surface area contributed by atoms with E-state index in [0.29, 0.717) is 17.3 Å². The molecule has 5 nitrogen and oxygen atoms in total. The van der Waals surface area contributed by atoms with E-state index in [-0.39, 0.29) is 5.41 Å². The molecule has 0 unspecified atom stereocenters. The zero-order valence-corrected chi connectivity index (χ0v) is 33.1. The predicted octanol–water partition coefficient (Wildman–Crippen LogP) is 14.4. The Morgan fingerprint density at radius 1 is 0.400 bits per heavy atom. The topological polar surface area (TPSA) is 49.2 Å². The van der Waals surface area contributed by atoms with Gasteiger partial charge in [0.2, 0.25) is 0 Å². The third-order valence-electron chi connectivity index (χ3n) is 12.3. The number of ether oxygens (including phenoxy) is 2. The van der Waals surface area contributed by atoms with E-state index in [1.165, 1.54) is 44.1 Å². The van der Waals surface area contributed by atoms with Gasteiger partial charge in [-0.05, 0) is 100 Å². The zero-order valence-electron chi connectivity index (χ0n) is 33.1. The molecule has 0 saturated heterocycles. The monoisotopic (exact) mass is 771 g/mol. The smallest absolute Gasteiger partial charge is 0.170 e. The second-order valence-corrected chi connectivity index (χ2v) is 16.2. The van der Waals surface area contributed by atoms with Gasteiger partial charge in [-0.3, -0.25) is 0 Å². The Morgan fingerprint density at radius 2 is 0.983 bits per heavy atom. The van der Waals surface area contributed by atoms with E-state index in [9.17, 15) is 0 Å². The molecule has 0 spiro atoms. The highest BCUT2D eigenvalue weighted by atomic mass is 16.6. The zero-order chi connectivity index (χ0) is 40.0. The van der Waals surface area contributed by atoms with Gasteiger partial charge in [0.25, 0.3) is 0 Å². The van der Waals surface area contributed by atoms with Crippen LogP contribution in [0.5, 0.6) is 23.0 Å². The first-order valence-corrected chi connectivity index (χ1v) is 20.4. The molecule has 8 aromatic carbocycles. The fourth-order valence-corrected chi connectivity index (χ4v) is 9.33. The highest BCUT2D eigenvalue weighted by Crippen LogP contribution is 2.55. The van der Waals surface area contributed by atoms with Crippen LogP contribution < -0.4 is 9.47 Å². The molecule has 12 rings (SSSR count). The second kappa shape index (κ2) is 13.1. The normalized spacial score (nSPS) is 13.2. The fourth-order valence-electron chi connectivity index (χ4n) is 9.33. The number of nitrogens with zero attached hydrogens (tertiary/aromatic N) is 3. The predicted molar refractivity (Wildman–Crippen MR) is 242 cm³/mol. The molecule has 0 N–H and O–H groups in total. The summed E-state index contributed by atoms with van der Waals surface area (Å²) < 4.78 is 15.6. The molecule has 0 radical (unpaired) electrons. The summed E-state index contributed by atoms with van der Waals surface area (Å²) in [5.74, 6) is 3.48. The number of rotatable bonds is 5. The van der Waals surface area contributed by atoms with Crippen LogP contribution in [0, 0.1) is 0 Å². The summed E-state index contributed by atoms with van der Waals surface area (Å²) in [6.45, 7) is 4.55. The van der Waals surface area contributed by atoms with Crippen LogP contribution in [-0.4, -0.2) is 14.5 Å². The highest BCUT2D eigenvalue weighted by Gasteiger charge is 2.37. The maximum absolute atomic E-state index is 6.68.